The van der Waals surface area contributed by atoms with Crippen molar-refractivity contribution in [2.75, 3.05) is 5.73 Å². The molecule has 0 saturated carbocycles. The Bertz CT molecular complexity index is 513. The monoisotopic (exact) mass is 228 g/mol. The Kier molecular flexibility index (Phi) is 3.30. The van der Waals surface area contributed by atoms with Gasteiger partial charge in [0.25, 0.3) is 5.91 Å². The highest BCUT2D eigenvalue weighted by Gasteiger charge is 2.05. The lowest BCUT2D eigenvalue weighted by Crippen LogP contribution is -2.23. The second-order valence-corrected chi connectivity index (χ2v) is 3.52. The van der Waals surface area contributed by atoms with Crippen LogP contribution in [0.2, 0.25) is 0 Å². The minimum absolute atomic E-state index is 0.178. The Hall–Kier alpha value is -2.43. The van der Waals surface area contributed by atoms with Gasteiger partial charge < -0.3 is 11.1 Å². The van der Waals surface area contributed by atoms with Crippen LogP contribution in [0.3, 0.4) is 0 Å². The van der Waals surface area contributed by atoms with Gasteiger partial charge in [0.1, 0.15) is 0 Å². The van der Waals surface area contributed by atoms with Crippen molar-refractivity contribution in [2.24, 2.45) is 0 Å². The maximum absolute atomic E-state index is 11.8. The molecule has 0 unspecified atom stereocenters. The number of carbonyl (C=O) groups is 1. The van der Waals surface area contributed by atoms with E-state index < -0.39 is 0 Å². The van der Waals surface area contributed by atoms with Crippen LogP contribution in [0.1, 0.15) is 16.1 Å². The van der Waals surface area contributed by atoms with E-state index in [1.54, 1.807) is 42.6 Å². The number of amides is 1. The number of nitrogens with two attached hydrogens (primary N) is 1. The molecule has 3 N–H and O–H groups in total. The molecule has 86 valence electrons. The van der Waals surface area contributed by atoms with Crippen LogP contribution >= 0.6 is 0 Å². The average molecular weight is 228 g/mol. The molecule has 0 aliphatic rings. The van der Waals surface area contributed by atoms with Crippen LogP contribution in [-0.4, -0.2) is 16.1 Å². The molecule has 2 rings (SSSR count). The first-order valence-corrected chi connectivity index (χ1v) is 5.16. The topological polar surface area (TPSA) is 80.9 Å². The number of rotatable bonds is 3. The van der Waals surface area contributed by atoms with Gasteiger partial charge in [0.15, 0.2) is 0 Å². The van der Waals surface area contributed by atoms with E-state index in [4.69, 9.17) is 5.73 Å². The third-order valence-electron chi connectivity index (χ3n) is 2.21. The van der Waals surface area contributed by atoms with Gasteiger partial charge in [0, 0.05) is 17.4 Å². The van der Waals surface area contributed by atoms with Crippen LogP contribution in [0.25, 0.3) is 0 Å². The number of aromatic nitrogens is 2. The van der Waals surface area contributed by atoms with Gasteiger partial charge in [-0.25, -0.2) is 0 Å². The number of hydrogen-bond donors (Lipinski definition) is 2. The summed E-state index contributed by atoms with van der Waals surface area (Å²) in [6.07, 6.45) is 1.59. The molecule has 0 aliphatic heterocycles. The van der Waals surface area contributed by atoms with E-state index in [0.29, 0.717) is 23.5 Å². The molecule has 1 amide bonds. The van der Waals surface area contributed by atoms with Gasteiger partial charge >= 0.3 is 0 Å². The van der Waals surface area contributed by atoms with E-state index >= 15 is 0 Å². The summed E-state index contributed by atoms with van der Waals surface area (Å²) in [5.41, 5.74) is 7.42. The molecule has 17 heavy (non-hydrogen) atoms. The molecule has 0 radical (unpaired) electrons. The lowest BCUT2D eigenvalue weighted by molar-refractivity contribution is 0.0950. The molecule has 5 nitrogen and oxygen atoms in total. The Labute approximate surface area is 98.7 Å². The zero-order valence-corrected chi connectivity index (χ0v) is 9.13. The summed E-state index contributed by atoms with van der Waals surface area (Å²) < 4.78 is 0. The number of nitrogen functional groups attached to an aromatic ring is 1. The Morgan fingerprint density at radius 3 is 2.88 bits per heavy atom. The number of anilines is 1. The van der Waals surface area contributed by atoms with Crippen molar-refractivity contribution in [3.63, 3.8) is 0 Å². The molecule has 1 aromatic heterocycles. The molecule has 0 fully saturated rings. The Morgan fingerprint density at radius 1 is 1.29 bits per heavy atom. The third kappa shape index (κ3) is 3.01. The van der Waals surface area contributed by atoms with Crippen molar-refractivity contribution in [3.05, 3.63) is 53.9 Å². The Balaban J connectivity index is 1.98. The molecule has 0 bridgehead atoms. The summed E-state index contributed by atoms with van der Waals surface area (Å²) in [4.78, 5) is 11.8. The fourth-order valence-corrected chi connectivity index (χ4v) is 1.38. The fourth-order valence-electron chi connectivity index (χ4n) is 1.38. The van der Waals surface area contributed by atoms with Gasteiger partial charge in [-0.05, 0) is 30.3 Å². The van der Waals surface area contributed by atoms with Crippen LogP contribution in [0, 0.1) is 0 Å². The summed E-state index contributed by atoms with van der Waals surface area (Å²) >= 11 is 0. The predicted molar refractivity (Wildman–Crippen MR) is 64.1 cm³/mol. The average Bonchev–Trinajstić information content (AvgIpc) is 2.37. The van der Waals surface area contributed by atoms with Crippen LogP contribution < -0.4 is 11.1 Å². The van der Waals surface area contributed by atoms with E-state index in [1.165, 1.54) is 0 Å². The molecule has 0 saturated heterocycles. The first-order chi connectivity index (χ1) is 8.25. The fraction of sp³-hybridized carbons (Fsp3) is 0.0833. The largest absolute Gasteiger partial charge is 0.399 e. The standard InChI is InChI=1S/C12H12N4O/c13-10-4-1-3-9(7-10)12(17)14-8-11-5-2-6-15-16-11/h1-7H,8,13H2,(H,14,17). The van der Waals surface area contributed by atoms with Crippen LogP contribution in [0.15, 0.2) is 42.6 Å². The SMILES string of the molecule is Nc1cccc(C(=O)NCc2cccnn2)c1. The molecule has 1 aromatic carbocycles. The van der Waals surface area contributed by atoms with Crippen LogP contribution in [-0.2, 0) is 6.54 Å². The zero-order chi connectivity index (χ0) is 12.1. The van der Waals surface area contributed by atoms with E-state index in [9.17, 15) is 4.79 Å². The quantitative estimate of drug-likeness (QED) is 0.767. The van der Waals surface area contributed by atoms with Crippen molar-refractivity contribution in [1.82, 2.24) is 15.5 Å². The highest BCUT2D eigenvalue weighted by molar-refractivity contribution is 5.94. The molecule has 0 spiro atoms. The highest BCUT2D eigenvalue weighted by atomic mass is 16.1. The number of nitrogens with one attached hydrogen (secondary N) is 1. The smallest absolute Gasteiger partial charge is 0.251 e. The highest BCUT2D eigenvalue weighted by Crippen LogP contribution is 2.06. The van der Waals surface area contributed by atoms with E-state index in [1.807, 2.05) is 0 Å². The number of hydrogen-bond acceptors (Lipinski definition) is 4. The summed E-state index contributed by atoms with van der Waals surface area (Å²) in [5.74, 6) is -0.178. The summed E-state index contributed by atoms with van der Waals surface area (Å²) in [7, 11) is 0. The lowest BCUT2D eigenvalue weighted by atomic mass is 10.2. The number of carbonyl (C=O) groups excluding carboxylic acids is 1. The lowest BCUT2D eigenvalue weighted by Gasteiger charge is -2.04. The van der Waals surface area contributed by atoms with Crippen LogP contribution in [0.5, 0.6) is 0 Å². The number of nitrogens with zero attached hydrogens (tertiary/aromatic N) is 2. The zero-order valence-electron chi connectivity index (χ0n) is 9.13. The summed E-state index contributed by atoms with van der Waals surface area (Å²) in [6, 6.07) is 10.4. The first kappa shape index (κ1) is 11.1. The molecule has 0 aliphatic carbocycles. The normalized spacial score (nSPS) is 9.88. The number of benzene rings is 1. The van der Waals surface area contributed by atoms with Crippen molar-refractivity contribution in [3.8, 4) is 0 Å². The molecule has 2 aromatic rings. The predicted octanol–water partition coefficient (Wildman–Crippen LogP) is 0.989. The maximum atomic E-state index is 11.8. The maximum Gasteiger partial charge on any atom is 0.251 e. The molecule has 1 heterocycles. The second kappa shape index (κ2) is 5.07. The molecular formula is C12H12N4O. The van der Waals surface area contributed by atoms with Gasteiger partial charge in [0.2, 0.25) is 0 Å². The van der Waals surface area contributed by atoms with Gasteiger partial charge in [-0.3, -0.25) is 4.79 Å². The van der Waals surface area contributed by atoms with Crippen LogP contribution in [0.4, 0.5) is 5.69 Å². The van der Waals surface area contributed by atoms with Crippen molar-refractivity contribution < 1.29 is 4.79 Å². The molecular weight excluding hydrogens is 216 g/mol. The summed E-state index contributed by atoms with van der Waals surface area (Å²) in [6.45, 7) is 0.349. The van der Waals surface area contributed by atoms with Crippen molar-refractivity contribution >= 4 is 11.6 Å². The summed E-state index contributed by atoms with van der Waals surface area (Å²) in [5, 5.41) is 10.3. The third-order valence-corrected chi connectivity index (χ3v) is 2.21. The second-order valence-electron chi connectivity index (χ2n) is 3.52. The Morgan fingerprint density at radius 2 is 2.18 bits per heavy atom. The van der Waals surface area contributed by atoms with Gasteiger partial charge in [-0.1, -0.05) is 6.07 Å². The van der Waals surface area contributed by atoms with E-state index in [2.05, 4.69) is 15.5 Å². The van der Waals surface area contributed by atoms with Crippen molar-refractivity contribution in [1.29, 1.82) is 0 Å². The van der Waals surface area contributed by atoms with Gasteiger partial charge in [0.05, 0.1) is 12.2 Å². The van der Waals surface area contributed by atoms with Gasteiger partial charge in [-0.15, -0.1) is 0 Å². The van der Waals surface area contributed by atoms with Crippen molar-refractivity contribution in [2.45, 2.75) is 6.54 Å². The van der Waals surface area contributed by atoms with Gasteiger partial charge in [-0.2, -0.15) is 10.2 Å². The van der Waals surface area contributed by atoms with E-state index in [0.717, 1.165) is 0 Å². The molecule has 0 atom stereocenters. The molecule has 5 heteroatoms. The van der Waals surface area contributed by atoms with E-state index in [-0.39, 0.29) is 5.91 Å². The minimum Gasteiger partial charge on any atom is -0.399 e. The minimum atomic E-state index is -0.178. The first-order valence-electron chi connectivity index (χ1n) is 5.16.